The number of amides is 1. The molecular formula is C25H29N3O3S2. The minimum atomic E-state index is -3.51. The molecule has 0 saturated carbocycles. The molecule has 8 heteroatoms. The quantitative estimate of drug-likeness (QED) is 0.547. The van der Waals surface area contributed by atoms with Crippen LogP contribution >= 0.6 is 11.3 Å². The van der Waals surface area contributed by atoms with Crippen LogP contribution < -0.4 is 5.32 Å². The summed E-state index contributed by atoms with van der Waals surface area (Å²) in [4.78, 5) is 17.4. The first-order valence-corrected chi connectivity index (χ1v) is 13.5. The number of carbonyl (C=O) groups is 1. The number of aryl methyl sites for hydroxylation is 2. The summed E-state index contributed by atoms with van der Waals surface area (Å²) in [6, 6.07) is 15.2. The van der Waals surface area contributed by atoms with Gasteiger partial charge in [0.15, 0.2) is 0 Å². The lowest BCUT2D eigenvalue weighted by Gasteiger charge is -2.30. The lowest BCUT2D eigenvalue weighted by atomic mass is 9.97. The van der Waals surface area contributed by atoms with Crippen LogP contribution in [0.1, 0.15) is 29.0 Å². The largest absolute Gasteiger partial charge is 0.356 e. The van der Waals surface area contributed by atoms with E-state index in [1.54, 1.807) is 35.6 Å². The smallest absolute Gasteiger partial charge is 0.243 e. The predicted molar refractivity (Wildman–Crippen MR) is 132 cm³/mol. The second-order valence-electron chi connectivity index (χ2n) is 8.48. The molecule has 0 bridgehead atoms. The average molecular weight is 484 g/mol. The zero-order valence-corrected chi connectivity index (χ0v) is 20.6. The molecule has 3 aromatic rings. The van der Waals surface area contributed by atoms with Crippen LogP contribution in [0.3, 0.4) is 0 Å². The summed E-state index contributed by atoms with van der Waals surface area (Å²) in [5, 5.41) is 6.13. The minimum absolute atomic E-state index is 0.0111. The maximum atomic E-state index is 12.8. The van der Waals surface area contributed by atoms with Crippen LogP contribution in [0.15, 0.2) is 58.8 Å². The van der Waals surface area contributed by atoms with Gasteiger partial charge in [-0.3, -0.25) is 4.79 Å². The fourth-order valence-electron chi connectivity index (χ4n) is 4.03. The van der Waals surface area contributed by atoms with E-state index in [9.17, 15) is 13.2 Å². The Bertz CT molecular complexity index is 1190. The molecule has 0 atom stereocenters. The Labute approximate surface area is 199 Å². The Morgan fingerprint density at radius 1 is 1.06 bits per heavy atom. The first-order chi connectivity index (χ1) is 15.8. The lowest BCUT2D eigenvalue weighted by molar-refractivity contribution is -0.126. The van der Waals surface area contributed by atoms with Gasteiger partial charge in [0.05, 0.1) is 15.6 Å². The first-order valence-electron chi connectivity index (χ1n) is 11.2. The zero-order valence-electron chi connectivity index (χ0n) is 19.0. The molecular weight excluding hydrogens is 454 g/mol. The van der Waals surface area contributed by atoms with Gasteiger partial charge in [-0.25, -0.2) is 13.4 Å². The molecule has 0 spiro atoms. The van der Waals surface area contributed by atoms with Crippen molar-refractivity contribution in [2.75, 3.05) is 19.6 Å². The molecule has 4 rings (SSSR count). The van der Waals surface area contributed by atoms with Gasteiger partial charge in [-0.15, -0.1) is 11.3 Å². The van der Waals surface area contributed by atoms with Crippen LogP contribution in [0.5, 0.6) is 0 Å². The van der Waals surface area contributed by atoms with E-state index in [1.165, 1.54) is 4.31 Å². The number of aromatic nitrogens is 1. The van der Waals surface area contributed by atoms with Crippen molar-refractivity contribution < 1.29 is 13.2 Å². The van der Waals surface area contributed by atoms with Crippen molar-refractivity contribution in [2.24, 2.45) is 5.92 Å². The maximum absolute atomic E-state index is 12.8. The Hall–Kier alpha value is -2.55. The molecule has 1 aliphatic heterocycles. The predicted octanol–water partition coefficient (Wildman–Crippen LogP) is 4.19. The number of piperidine rings is 1. The number of nitrogens with zero attached hydrogens (tertiary/aromatic N) is 2. The van der Waals surface area contributed by atoms with Crippen LogP contribution in [0, 0.1) is 19.8 Å². The van der Waals surface area contributed by atoms with Gasteiger partial charge < -0.3 is 5.32 Å². The fourth-order valence-corrected chi connectivity index (χ4v) is 6.12. The summed E-state index contributed by atoms with van der Waals surface area (Å²) in [5.74, 6) is -0.137. The Morgan fingerprint density at radius 2 is 1.73 bits per heavy atom. The second-order valence-corrected chi connectivity index (χ2v) is 11.5. The maximum Gasteiger partial charge on any atom is 0.243 e. The summed E-state index contributed by atoms with van der Waals surface area (Å²) in [6.45, 7) is 5.23. The van der Waals surface area contributed by atoms with E-state index < -0.39 is 10.0 Å². The van der Waals surface area contributed by atoms with Crippen molar-refractivity contribution in [3.63, 3.8) is 0 Å². The third-order valence-corrected chi connectivity index (χ3v) is 8.75. The van der Waals surface area contributed by atoms with Crippen molar-refractivity contribution in [2.45, 2.75) is 38.0 Å². The molecule has 1 fully saturated rings. The number of benzene rings is 2. The zero-order chi connectivity index (χ0) is 23.4. The minimum Gasteiger partial charge on any atom is -0.356 e. The second kappa shape index (κ2) is 10.2. The number of rotatable bonds is 7. The molecule has 0 aliphatic carbocycles. The van der Waals surface area contributed by atoms with Crippen LogP contribution in [-0.4, -0.2) is 43.2 Å². The van der Waals surface area contributed by atoms with Gasteiger partial charge in [-0.2, -0.15) is 4.31 Å². The van der Waals surface area contributed by atoms with Crippen LogP contribution in [0.2, 0.25) is 0 Å². The highest BCUT2D eigenvalue weighted by atomic mass is 32.2. The van der Waals surface area contributed by atoms with Crippen LogP contribution in [-0.2, 0) is 21.2 Å². The number of thiazole rings is 1. The summed E-state index contributed by atoms with van der Waals surface area (Å²) in [6.07, 6.45) is 1.83. The fraction of sp³-hybridized carbons (Fsp3) is 0.360. The monoisotopic (exact) mass is 483 g/mol. The van der Waals surface area contributed by atoms with Gasteiger partial charge in [0, 0.05) is 36.5 Å². The van der Waals surface area contributed by atoms with Gasteiger partial charge >= 0.3 is 0 Å². The van der Waals surface area contributed by atoms with Crippen molar-refractivity contribution in [3.05, 3.63) is 70.0 Å². The Kier molecular flexibility index (Phi) is 7.26. The molecule has 1 saturated heterocycles. The van der Waals surface area contributed by atoms with E-state index in [-0.39, 0.29) is 11.8 Å². The molecule has 1 amide bonds. The first kappa shape index (κ1) is 23.6. The standard InChI is InChI=1S/C25H29N3O3S2/c1-18-3-9-23(10-4-18)33(30,31)28-15-12-22(13-16-28)25(29)26-14-11-20-5-7-21(8-6-20)24-17-32-19(2)27-24/h3-10,17,22H,11-16H2,1-2H3,(H,26,29). The molecule has 1 N–H and O–H groups in total. The third-order valence-electron chi connectivity index (χ3n) is 6.07. The van der Waals surface area contributed by atoms with Gasteiger partial charge in [0.2, 0.25) is 15.9 Å². The molecule has 174 valence electrons. The number of nitrogens with one attached hydrogen (secondary N) is 1. The number of hydrogen-bond donors (Lipinski definition) is 1. The van der Waals surface area contributed by atoms with Gasteiger partial charge in [0.25, 0.3) is 0 Å². The SMILES string of the molecule is Cc1ccc(S(=O)(=O)N2CCC(C(=O)NCCc3ccc(-c4csc(C)n4)cc3)CC2)cc1. The van der Waals surface area contributed by atoms with Crippen molar-refractivity contribution in [3.8, 4) is 11.3 Å². The van der Waals surface area contributed by atoms with E-state index in [0.29, 0.717) is 37.4 Å². The molecule has 2 aromatic carbocycles. The summed E-state index contributed by atoms with van der Waals surface area (Å²) < 4.78 is 27.2. The molecule has 2 heterocycles. The summed E-state index contributed by atoms with van der Waals surface area (Å²) in [7, 11) is -3.51. The summed E-state index contributed by atoms with van der Waals surface area (Å²) in [5.41, 5.74) is 4.27. The third kappa shape index (κ3) is 5.69. The van der Waals surface area contributed by atoms with Crippen molar-refractivity contribution in [1.29, 1.82) is 0 Å². The molecule has 0 radical (unpaired) electrons. The Balaban J connectivity index is 1.24. The molecule has 6 nitrogen and oxygen atoms in total. The van der Waals surface area contributed by atoms with Crippen LogP contribution in [0.4, 0.5) is 0 Å². The summed E-state index contributed by atoms with van der Waals surface area (Å²) >= 11 is 1.64. The molecule has 0 unspecified atom stereocenters. The van der Waals surface area contributed by atoms with Gasteiger partial charge in [-0.1, -0.05) is 42.0 Å². The van der Waals surface area contributed by atoms with Gasteiger partial charge in [0.1, 0.15) is 0 Å². The highest BCUT2D eigenvalue weighted by molar-refractivity contribution is 7.89. The van der Waals surface area contributed by atoms with E-state index in [4.69, 9.17) is 0 Å². The van der Waals surface area contributed by atoms with E-state index in [0.717, 1.165) is 33.8 Å². The molecule has 1 aromatic heterocycles. The topological polar surface area (TPSA) is 79.4 Å². The van der Waals surface area contributed by atoms with E-state index in [1.807, 2.05) is 13.8 Å². The van der Waals surface area contributed by atoms with Crippen molar-refractivity contribution in [1.82, 2.24) is 14.6 Å². The molecule has 33 heavy (non-hydrogen) atoms. The normalized spacial score (nSPS) is 15.5. The van der Waals surface area contributed by atoms with Crippen LogP contribution in [0.25, 0.3) is 11.3 Å². The number of carbonyl (C=O) groups excluding carboxylic acids is 1. The van der Waals surface area contributed by atoms with E-state index in [2.05, 4.69) is 39.9 Å². The highest BCUT2D eigenvalue weighted by Gasteiger charge is 2.31. The lowest BCUT2D eigenvalue weighted by Crippen LogP contribution is -2.43. The number of sulfonamides is 1. The average Bonchev–Trinajstić information content (AvgIpc) is 3.26. The number of hydrogen-bond acceptors (Lipinski definition) is 5. The van der Waals surface area contributed by atoms with Gasteiger partial charge in [-0.05, 0) is 50.8 Å². The van der Waals surface area contributed by atoms with Crippen molar-refractivity contribution >= 4 is 27.3 Å². The highest BCUT2D eigenvalue weighted by Crippen LogP contribution is 2.25. The molecule has 1 aliphatic rings. The Morgan fingerprint density at radius 3 is 2.33 bits per heavy atom. The van der Waals surface area contributed by atoms with E-state index >= 15 is 0 Å².